The van der Waals surface area contributed by atoms with Crippen LogP contribution in [-0.2, 0) is 57.4 Å². The van der Waals surface area contributed by atoms with E-state index in [-0.39, 0.29) is 46.5 Å². The van der Waals surface area contributed by atoms with Gasteiger partial charge >= 0.3 is 71.3 Å². The number of carboxylic acids is 1. The Kier molecular flexibility index (Phi) is 39.3. The van der Waals surface area contributed by atoms with Gasteiger partial charge in [-0.15, -0.1) is 0 Å². The number of nitrogen functional groups attached to an aromatic ring is 3. The van der Waals surface area contributed by atoms with E-state index in [1.54, 1.807) is 120 Å². The Hall–Kier alpha value is -15.6. The maximum Gasteiger partial charge on any atom is 0.413 e. The molecule has 5 aromatic carbocycles. The van der Waals surface area contributed by atoms with Gasteiger partial charge in [-0.2, -0.15) is 0 Å². The molecule has 10 heterocycles. The molecule has 146 heavy (non-hydrogen) atoms. The number of aliphatic carboxylic acids is 1. The molecule has 5 saturated heterocycles. The first-order valence-corrected chi connectivity index (χ1v) is 49.1. The van der Waals surface area contributed by atoms with Gasteiger partial charge in [-0.25, -0.2) is 39.3 Å². The van der Waals surface area contributed by atoms with Gasteiger partial charge in [-0.3, -0.25) is 53.8 Å². The van der Waals surface area contributed by atoms with Crippen molar-refractivity contribution < 1.29 is 72.1 Å². The number of carboxylic acid groups (broad SMARTS) is 1. The van der Waals surface area contributed by atoms with Crippen LogP contribution in [0.3, 0.4) is 0 Å². The van der Waals surface area contributed by atoms with Crippen molar-refractivity contribution in [2.75, 3.05) is 87.1 Å². The minimum absolute atomic E-state index is 0.0272. The average Bonchev–Trinajstić information content (AvgIpc) is 0.794. The molecule has 5 aliphatic rings. The fourth-order valence-electron chi connectivity index (χ4n) is 17.4. The molecular weight excluding hydrogens is 1850 g/mol. The van der Waals surface area contributed by atoms with E-state index in [9.17, 15) is 57.5 Å². The molecule has 774 valence electrons. The average molecular weight is 1990 g/mol. The van der Waals surface area contributed by atoms with Gasteiger partial charge in [0, 0.05) is 38.8 Å². The topological polar surface area (TPSA) is 495 Å². The summed E-state index contributed by atoms with van der Waals surface area (Å²) in [6.07, 6.45) is 17.6. The molecule has 0 spiro atoms. The lowest BCUT2D eigenvalue weighted by atomic mass is 9.79. The Labute approximate surface area is 854 Å². The predicted molar refractivity (Wildman–Crippen MR) is 566 cm³/mol. The second-order valence-electron chi connectivity index (χ2n) is 41.4. The van der Waals surface area contributed by atoms with Gasteiger partial charge in [-0.05, 0) is 255 Å². The van der Waals surface area contributed by atoms with E-state index >= 15 is 0 Å². The van der Waals surface area contributed by atoms with Crippen molar-refractivity contribution in [3.63, 3.8) is 0 Å². The fourth-order valence-corrected chi connectivity index (χ4v) is 17.4. The summed E-state index contributed by atoms with van der Waals surface area (Å²) in [5.74, 6) is -5.73. The molecule has 5 aromatic heterocycles. The third-order valence-electron chi connectivity index (χ3n) is 25.1. The molecule has 5 aliphatic heterocycles. The van der Waals surface area contributed by atoms with E-state index in [1.807, 2.05) is 121 Å². The molecule has 35 heteroatoms. The number of nitrogens with zero attached hydrogens (tertiary/aromatic N) is 9. The monoisotopic (exact) mass is 1990 g/mol. The van der Waals surface area contributed by atoms with E-state index in [0.717, 1.165) is 110 Å². The van der Waals surface area contributed by atoms with Crippen LogP contribution in [0, 0.1) is 50.9 Å². The number of aryl methyl sites for hydroxylation is 5. The number of carbonyl (C=O) groups is 12. The molecule has 0 saturated carbocycles. The first-order chi connectivity index (χ1) is 69.0. The number of aromatic nitrogens is 5. The number of carbonyl (C=O) groups excluding carboxylic acids is 11. The zero-order chi connectivity index (χ0) is 107. The third-order valence-corrected chi connectivity index (χ3v) is 25.1. The molecule has 15 N–H and O–H groups in total. The summed E-state index contributed by atoms with van der Waals surface area (Å²) in [6.45, 7) is 35.8. The molecule has 15 rings (SSSR count). The highest BCUT2D eigenvalue weighted by molar-refractivity contribution is 6.41. The standard InChI is InChI=1S/C26H34N4O4.C21H26N4O2.2C19H22N4O2.C13H17N3O5.C13H19N/c1-17-14-19(15-27-21(17)29-24(33)34-25(2,3)4)28-22(31)23(32)30-16-26(5,6)13-12-20(30)18-10-8-7-9-11-18;1-14-11-16(12-23-18(14)22)24-19(26)20(27)25-13-21(2,3)10-9-17(25)15-7-5-4-6-8-15;2*1-13-11-15(12-21-17(13)20)22-18(24)19(25)23-10-6-5-9-16(23)14-7-3-2-4-8-14;1-7-5-8(15-10(17)11(18)19)6-14-9(7)16-12(20)21-13(2,3)4;1-13(2)9-8-12(14-10-13)11-6-4-3-5-7-11/h7-11,14-15,20H,12-13,16H2,1-6H3,(H,28,31)(H,27,29,33);4-8,11-12,17H,9-10,13H2,1-3H3,(H2,22,23)(H,24,26);2*2-4,7-8,11-12,16H,5-6,9-10H2,1H3,(H2,20,21)(H,22,24);5-6H,1-4H3,(H,15,17)(H,18,19)(H,14,16,20);3-7,12,14H,8-10H2,1-2H3/t;;2*16-;;/m..10../s1. The summed E-state index contributed by atoms with van der Waals surface area (Å²) in [6, 6.07) is 58.6. The largest absolute Gasteiger partial charge is 0.474 e. The minimum Gasteiger partial charge on any atom is -0.474 e. The van der Waals surface area contributed by atoms with Crippen LogP contribution in [0.1, 0.15) is 246 Å². The first kappa shape index (κ1) is 112. The number of nitrogens with two attached hydrogens (primary N) is 3. The maximum absolute atomic E-state index is 13.2. The van der Waals surface area contributed by atoms with E-state index < -0.39 is 82.5 Å². The lowest BCUT2D eigenvalue weighted by molar-refractivity contribution is -0.148. The summed E-state index contributed by atoms with van der Waals surface area (Å²) < 4.78 is 10.3. The minimum atomic E-state index is -1.59. The van der Waals surface area contributed by atoms with Gasteiger partial charge in [-0.1, -0.05) is 193 Å². The SMILES string of the molecule is CC1(C)CCC(c2ccccc2)NC1.Cc1cc(NC(=O)C(=O)N2CC(C)(C)CCC2c2ccccc2)cnc1N.Cc1cc(NC(=O)C(=O)N2CC(C)(C)CCC2c2ccccc2)cnc1NC(=O)OC(C)(C)C.Cc1cc(NC(=O)C(=O)N2CCCC[C@@H]2c2ccccc2)cnc1N.Cc1cc(NC(=O)C(=O)N2CCCC[C@H]2c2ccccc2)cnc1N.Cc1cc(NC(=O)C(=O)O)cnc1NC(=O)OC(C)(C)C. The van der Waals surface area contributed by atoms with E-state index in [2.05, 4.69) is 139 Å². The molecule has 35 nitrogen and oxygen atoms in total. The van der Waals surface area contributed by atoms with E-state index in [0.29, 0.717) is 94.8 Å². The Bertz CT molecular complexity index is 6080. The normalized spacial score (nSPS) is 17.5. The Morgan fingerprint density at radius 2 is 0.610 bits per heavy atom. The van der Waals surface area contributed by atoms with Gasteiger partial charge in [0.1, 0.15) is 40.3 Å². The van der Waals surface area contributed by atoms with Crippen molar-refractivity contribution in [2.24, 2.45) is 16.2 Å². The van der Waals surface area contributed by atoms with Crippen LogP contribution in [0.2, 0.25) is 0 Å². The molecule has 0 radical (unpaired) electrons. The fraction of sp³-hybridized carbons (Fsp3) is 0.396. The van der Waals surface area contributed by atoms with Crippen LogP contribution in [0.5, 0.6) is 0 Å². The smallest absolute Gasteiger partial charge is 0.413 e. The highest BCUT2D eigenvalue weighted by Crippen LogP contribution is 2.43. The number of benzene rings is 5. The predicted octanol–water partition coefficient (Wildman–Crippen LogP) is 18.6. The molecule has 0 aliphatic carbocycles. The lowest BCUT2D eigenvalue weighted by Crippen LogP contribution is -2.49. The molecule has 5 atom stereocenters. The van der Waals surface area contributed by atoms with Crippen molar-refractivity contribution >= 4 is 129 Å². The van der Waals surface area contributed by atoms with Gasteiger partial charge < -0.3 is 83.3 Å². The van der Waals surface area contributed by atoms with Crippen molar-refractivity contribution in [1.82, 2.24) is 49.8 Å². The number of hydrogen-bond acceptors (Lipinski definition) is 23. The summed E-state index contributed by atoms with van der Waals surface area (Å²) in [4.78, 5) is 174. The maximum atomic E-state index is 13.2. The zero-order valence-corrected chi connectivity index (χ0v) is 86.5. The number of anilines is 10. The van der Waals surface area contributed by atoms with Crippen molar-refractivity contribution in [3.05, 3.63) is 269 Å². The number of hydrogen-bond donors (Lipinski definition) is 12. The number of likely N-dealkylation sites (tertiary alicyclic amines) is 4. The van der Waals surface area contributed by atoms with E-state index in [4.69, 9.17) is 31.8 Å². The molecule has 5 fully saturated rings. The van der Waals surface area contributed by atoms with Gasteiger partial charge in [0.15, 0.2) is 0 Å². The molecule has 0 bridgehead atoms. The Morgan fingerprint density at radius 3 is 0.884 bits per heavy atom. The van der Waals surface area contributed by atoms with Crippen LogP contribution < -0.4 is 59.7 Å². The second-order valence-corrected chi connectivity index (χ2v) is 41.4. The van der Waals surface area contributed by atoms with E-state index in [1.165, 1.54) is 55.5 Å². The molecule has 10 aromatic rings. The van der Waals surface area contributed by atoms with Gasteiger partial charge in [0.05, 0.1) is 83.6 Å². The molecule has 11 amide bonds. The molecular formula is C111H140N20O15. The highest BCUT2D eigenvalue weighted by atomic mass is 16.6. The van der Waals surface area contributed by atoms with Gasteiger partial charge in [0.25, 0.3) is 0 Å². The van der Waals surface area contributed by atoms with Crippen LogP contribution in [0.15, 0.2) is 213 Å². The van der Waals surface area contributed by atoms with Crippen molar-refractivity contribution in [1.29, 1.82) is 0 Å². The summed E-state index contributed by atoms with van der Waals surface area (Å²) in [5.41, 5.74) is 27.2. The Balaban J connectivity index is 0.000000182. The Morgan fingerprint density at radius 1 is 0.342 bits per heavy atom. The highest BCUT2D eigenvalue weighted by Gasteiger charge is 2.42. The lowest BCUT2D eigenvalue weighted by Gasteiger charge is -2.43. The summed E-state index contributed by atoms with van der Waals surface area (Å²) >= 11 is 0. The molecule has 3 unspecified atom stereocenters. The number of piperidine rings is 5. The second kappa shape index (κ2) is 51.1. The first-order valence-electron chi connectivity index (χ1n) is 49.1. The van der Waals surface area contributed by atoms with Crippen LogP contribution in [-0.4, -0.2) is 165 Å². The number of ether oxygens (including phenoxy) is 2. The van der Waals surface area contributed by atoms with Crippen LogP contribution >= 0.6 is 0 Å². The number of rotatable bonds is 12. The zero-order valence-electron chi connectivity index (χ0n) is 86.5. The van der Waals surface area contributed by atoms with Crippen LogP contribution in [0.25, 0.3) is 0 Å². The third kappa shape index (κ3) is 34.1. The van der Waals surface area contributed by atoms with Crippen LogP contribution in [0.4, 0.5) is 67.1 Å². The van der Waals surface area contributed by atoms with Gasteiger partial charge in [0.2, 0.25) is 0 Å². The summed E-state index contributed by atoms with van der Waals surface area (Å²) in [7, 11) is 0. The van der Waals surface area contributed by atoms with Crippen molar-refractivity contribution in [3.8, 4) is 0 Å². The quantitative estimate of drug-likeness (QED) is 0.0505. The summed E-state index contributed by atoms with van der Waals surface area (Å²) in [5, 5.41) is 29.9. The number of nitrogens with one attached hydrogen (secondary N) is 8. The van der Waals surface area contributed by atoms with Crippen molar-refractivity contribution in [2.45, 2.75) is 236 Å². The number of pyridine rings is 5. The number of amides is 11.